The van der Waals surface area contributed by atoms with Crippen LogP contribution in [-0.2, 0) is 14.8 Å². The van der Waals surface area contributed by atoms with E-state index in [0.717, 1.165) is 25.8 Å². The largest absolute Gasteiger partial charge is 0.376 e. The van der Waals surface area contributed by atoms with Crippen molar-refractivity contribution in [1.29, 1.82) is 0 Å². The Hall–Kier alpha value is -0.170. The number of sulfonamides is 1. The Labute approximate surface area is 109 Å². The van der Waals surface area contributed by atoms with Crippen LogP contribution in [0.3, 0.4) is 0 Å². The number of rotatable bonds is 5. The lowest BCUT2D eigenvalue weighted by atomic mass is 10.1. The van der Waals surface area contributed by atoms with E-state index in [-0.39, 0.29) is 23.9 Å². The maximum atomic E-state index is 12.1. The predicted molar refractivity (Wildman–Crippen MR) is 68.8 cm³/mol. The first-order valence-electron chi connectivity index (χ1n) is 6.99. The van der Waals surface area contributed by atoms with Crippen molar-refractivity contribution < 1.29 is 13.2 Å². The van der Waals surface area contributed by atoms with Gasteiger partial charge in [0.2, 0.25) is 10.0 Å². The van der Waals surface area contributed by atoms with E-state index in [4.69, 9.17) is 4.74 Å². The highest BCUT2D eigenvalue weighted by molar-refractivity contribution is 7.89. The third-order valence-electron chi connectivity index (χ3n) is 4.14. The van der Waals surface area contributed by atoms with E-state index < -0.39 is 10.0 Å². The highest BCUT2D eigenvalue weighted by atomic mass is 32.2. The van der Waals surface area contributed by atoms with E-state index in [1.54, 1.807) is 0 Å². The third-order valence-corrected chi connectivity index (χ3v) is 5.64. The first-order chi connectivity index (χ1) is 8.64. The summed E-state index contributed by atoms with van der Waals surface area (Å²) in [6.07, 6.45) is 5.36. The van der Waals surface area contributed by atoms with E-state index in [9.17, 15) is 8.42 Å². The monoisotopic (exact) mass is 274 g/mol. The summed E-state index contributed by atoms with van der Waals surface area (Å²) in [6, 6.07) is 0.132. The molecule has 0 amide bonds. The maximum absolute atomic E-state index is 12.1. The number of nitrogens with one attached hydrogen (secondary N) is 2. The zero-order valence-corrected chi connectivity index (χ0v) is 11.4. The van der Waals surface area contributed by atoms with E-state index in [2.05, 4.69) is 10.0 Å². The van der Waals surface area contributed by atoms with Crippen LogP contribution in [0.25, 0.3) is 0 Å². The summed E-state index contributed by atoms with van der Waals surface area (Å²) in [6.45, 7) is 1.63. The molecule has 3 fully saturated rings. The molecule has 3 aliphatic rings. The summed E-state index contributed by atoms with van der Waals surface area (Å²) in [5, 5.41) is 3.23. The van der Waals surface area contributed by atoms with Gasteiger partial charge in [-0.3, -0.25) is 0 Å². The average molecular weight is 274 g/mol. The number of hydrogen-bond acceptors (Lipinski definition) is 4. The van der Waals surface area contributed by atoms with Crippen molar-refractivity contribution in [2.75, 3.05) is 18.9 Å². The van der Waals surface area contributed by atoms with Crippen molar-refractivity contribution in [1.82, 2.24) is 10.0 Å². The van der Waals surface area contributed by atoms with Gasteiger partial charge in [-0.05, 0) is 44.6 Å². The Balaban J connectivity index is 1.56. The molecule has 0 aromatic carbocycles. The van der Waals surface area contributed by atoms with Crippen molar-refractivity contribution in [3.8, 4) is 0 Å². The topological polar surface area (TPSA) is 67.4 Å². The molecular weight excluding hydrogens is 252 g/mol. The van der Waals surface area contributed by atoms with Crippen LogP contribution in [0.15, 0.2) is 0 Å². The second kappa shape index (κ2) is 5.07. The Bertz CT molecular complexity index is 388. The molecule has 2 heterocycles. The predicted octanol–water partition coefficient (Wildman–Crippen LogP) is 0.225. The summed E-state index contributed by atoms with van der Waals surface area (Å²) in [7, 11) is -3.18. The Kier molecular flexibility index (Phi) is 3.62. The molecular formula is C12H22N2O3S. The van der Waals surface area contributed by atoms with Crippen molar-refractivity contribution in [2.45, 2.75) is 50.3 Å². The normalized spacial score (nSPS) is 37.2. The molecule has 104 valence electrons. The molecule has 0 aromatic rings. The molecule has 18 heavy (non-hydrogen) atoms. The van der Waals surface area contributed by atoms with Gasteiger partial charge in [-0.1, -0.05) is 0 Å². The minimum absolute atomic E-state index is 0.00361. The third kappa shape index (κ3) is 3.04. The summed E-state index contributed by atoms with van der Waals surface area (Å²) in [5.74, 6) is 0.797. The highest BCUT2D eigenvalue weighted by Gasteiger charge is 2.42. The molecule has 3 atom stereocenters. The van der Waals surface area contributed by atoms with Crippen molar-refractivity contribution in [3.05, 3.63) is 0 Å². The SMILES string of the molecule is O=S(=O)(CC1CCCN1)NC1CCOC1C1CC1. The van der Waals surface area contributed by atoms with Crippen LogP contribution in [0.4, 0.5) is 0 Å². The lowest BCUT2D eigenvalue weighted by molar-refractivity contribution is 0.0848. The van der Waals surface area contributed by atoms with Crippen LogP contribution in [-0.4, -0.2) is 45.5 Å². The number of ether oxygens (including phenoxy) is 1. The average Bonchev–Trinajstić information content (AvgIpc) is 2.83. The molecule has 0 spiro atoms. The van der Waals surface area contributed by atoms with Gasteiger partial charge in [-0.25, -0.2) is 13.1 Å². The fourth-order valence-electron chi connectivity index (χ4n) is 3.07. The second-order valence-electron chi connectivity index (χ2n) is 5.76. The first kappa shape index (κ1) is 12.8. The van der Waals surface area contributed by atoms with Gasteiger partial charge in [-0.2, -0.15) is 0 Å². The molecule has 0 aromatic heterocycles. The molecule has 0 bridgehead atoms. The second-order valence-corrected chi connectivity index (χ2v) is 7.56. The summed E-state index contributed by atoms with van der Waals surface area (Å²) < 4.78 is 32.8. The molecule has 6 heteroatoms. The van der Waals surface area contributed by atoms with Gasteiger partial charge in [0.15, 0.2) is 0 Å². The Morgan fingerprint density at radius 2 is 2.06 bits per heavy atom. The smallest absolute Gasteiger partial charge is 0.213 e. The highest BCUT2D eigenvalue weighted by Crippen LogP contribution is 2.38. The van der Waals surface area contributed by atoms with Crippen molar-refractivity contribution >= 4 is 10.0 Å². The summed E-state index contributed by atoms with van der Waals surface area (Å²) in [4.78, 5) is 0. The van der Waals surface area contributed by atoms with Gasteiger partial charge in [0, 0.05) is 12.6 Å². The van der Waals surface area contributed by atoms with E-state index in [1.807, 2.05) is 0 Å². The lowest BCUT2D eigenvalue weighted by Gasteiger charge is -2.20. The van der Waals surface area contributed by atoms with Gasteiger partial charge < -0.3 is 10.1 Å². The lowest BCUT2D eigenvalue weighted by Crippen LogP contribution is -2.45. The van der Waals surface area contributed by atoms with Crippen LogP contribution in [0, 0.1) is 5.92 Å². The van der Waals surface area contributed by atoms with Crippen LogP contribution < -0.4 is 10.0 Å². The molecule has 2 N–H and O–H groups in total. The fraction of sp³-hybridized carbons (Fsp3) is 1.00. The molecule has 2 saturated heterocycles. The molecule has 5 nitrogen and oxygen atoms in total. The Morgan fingerprint density at radius 3 is 2.72 bits per heavy atom. The maximum Gasteiger partial charge on any atom is 0.213 e. The van der Waals surface area contributed by atoms with Gasteiger partial charge in [-0.15, -0.1) is 0 Å². The summed E-state index contributed by atoms with van der Waals surface area (Å²) in [5.41, 5.74) is 0. The molecule has 1 saturated carbocycles. The first-order valence-corrected chi connectivity index (χ1v) is 8.64. The van der Waals surface area contributed by atoms with Gasteiger partial charge in [0.05, 0.1) is 17.9 Å². The minimum atomic E-state index is -3.18. The fourth-order valence-corrected chi connectivity index (χ4v) is 4.69. The molecule has 3 unspecified atom stereocenters. The van der Waals surface area contributed by atoms with E-state index >= 15 is 0 Å². The molecule has 3 rings (SSSR count). The summed E-state index contributed by atoms with van der Waals surface area (Å²) >= 11 is 0. The zero-order chi connectivity index (χ0) is 12.6. The van der Waals surface area contributed by atoms with E-state index in [1.165, 1.54) is 12.8 Å². The standard InChI is InChI=1S/C12H22N2O3S/c15-18(16,8-10-2-1-6-13-10)14-11-5-7-17-12(11)9-3-4-9/h9-14H,1-8H2. The minimum Gasteiger partial charge on any atom is -0.376 e. The van der Waals surface area contributed by atoms with Crippen LogP contribution in [0.2, 0.25) is 0 Å². The van der Waals surface area contributed by atoms with Gasteiger partial charge >= 0.3 is 0 Å². The van der Waals surface area contributed by atoms with Crippen molar-refractivity contribution in [3.63, 3.8) is 0 Å². The van der Waals surface area contributed by atoms with Crippen LogP contribution >= 0.6 is 0 Å². The van der Waals surface area contributed by atoms with Gasteiger partial charge in [0.1, 0.15) is 0 Å². The number of hydrogen-bond donors (Lipinski definition) is 2. The van der Waals surface area contributed by atoms with Crippen LogP contribution in [0.5, 0.6) is 0 Å². The quantitative estimate of drug-likeness (QED) is 0.753. The molecule has 2 aliphatic heterocycles. The molecule has 0 radical (unpaired) electrons. The Morgan fingerprint density at radius 1 is 1.22 bits per heavy atom. The van der Waals surface area contributed by atoms with Gasteiger partial charge in [0.25, 0.3) is 0 Å². The molecule has 1 aliphatic carbocycles. The van der Waals surface area contributed by atoms with Crippen molar-refractivity contribution in [2.24, 2.45) is 5.92 Å². The zero-order valence-electron chi connectivity index (χ0n) is 10.6. The van der Waals surface area contributed by atoms with Crippen LogP contribution in [0.1, 0.15) is 32.1 Å². The van der Waals surface area contributed by atoms with E-state index in [0.29, 0.717) is 12.5 Å².